The summed E-state index contributed by atoms with van der Waals surface area (Å²) in [7, 11) is 1.83. The predicted molar refractivity (Wildman–Crippen MR) is 86.9 cm³/mol. The van der Waals surface area contributed by atoms with Crippen molar-refractivity contribution in [1.82, 2.24) is 34.4 Å². The van der Waals surface area contributed by atoms with Crippen molar-refractivity contribution in [2.45, 2.75) is 25.8 Å². The molecule has 0 saturated carbocycles. The molecule has 4 rings (SSSR count). The molecule has 0 radical (unpaired) electrons. The first kappa shape index (κ1) is 14.7. The first-order chi connectivity index (χ1) is 11.7. The van der Waals surface area contributed by atoms with Gasteiger partial charge in [0.2, 0.25) is 0 Å². The van der Waals surface area contributed by atoms with Crippen LogP contribution < -0.4 is 5.32 Å². The number of fused-ring (bicyclic) bond motifs is 1. The van der Waals surface area contributed by atoms with E-state index < -0.39 is 0 Å². The van der Waals surface area contributed by atoms with Gasteiger partial charge in [-0.2, -0.15) is 5.10 Å². The van der Waals surface area contributed by atoms with Crippen molar-refractivity contribution in [3.63, 3.8) is 0 Å². The lowest BCUT2D eigenvalue weighted by Crippen LogP contribution is -2.27. The largest absolute Gasteiger partial charge is 0.351 e. The number of aromatic nitrogens is 6. The fraction of sp³-hybridized carbons (Fsp3) is 0.375. The number of rotatable bonds is 5. The molecule has 0 saturated heterocycles. The summed E-state index contributed by atoms with van der Waals surface area (Å²) < 4.78 is 5.73. The summed E-state index contributed by atoms with van der Waals surface area (Å²) in [6.07, 6.45) is 8.19. The minimum absolute atomic E-state index is 0.132. The van der Waals surface area contributed by atoms with E-state index in [2.05, 4.69) is 25.2 Å². The summed E-state index contributed by atoms with van der Waals surface area (Å²) in [4.78, 5) is 12.5. The fourth-order valence-corrected chi connectivity index (χ4v) is 3.15. The van der Waals surface area contributed by atoms with E-state index in [4.69, 9.17) is 0 Å². The zero-order chi connectivity index (χ0) is 16.5. The van der Waals surface area contributed by atoms with Crippen molar-refractivity contribution in [3.05, 3.63) is 47.9 Å². The Bertz CT molecular complexity index is 859. The SMILES string of the molecule is Cn1ncc(C(=O)NCCc2nnc3n2CCC3)c1-n1cccc1. The standard InChI is InChI=1S/C16H19N7O/c1-21-16(22-8-2-3-9-22)12(11-18-21)15(24)17-7-6-14-20-19-13-5-4-10-23(13)14/h2-3,8-9,11H,4-7,10H2,1H3,(H,17,24). The summed E-state index contributed by atoms with van der Waals surface area (Å²) in [6, 6.07) is 3.83. The van der Waals surface area contributed by atoms with Crippen molar-refractivity contribution in [2.24, 2.45) is 7.05 Å². The molecule has 124 valence electrons. The number of amides is 1. The fourth-order valence-electron chi connectivity index (χ4n) is 3.15. The van der Waals surface area contributed by atoms with Gasteiger partial charge in [-0.1, -0.05) is 0 Å². The Morgan fingerprint density at radius 1 is 1.29 bits per heavy atom. The molecule has 1 aliphatic rings. The number of hydrogen-bond acceptors (Lipinski definition) is 4. The predicted octanol–water partition coefficient (Wildman–Crippen LogP) is 0.721. The van der Waals surface area contributed by atoms with Crippen LogP contribution in [0.1, 0.15) is 28.4 Å². The van der Waals surface area contributed by atoms with Crippen LogP contribution in [0.4, 0.5) is 0 Å². The van der Waals surface area contributed by atoms with Gasteiger partial charge < -0.3 is 14.5 Å². The van der Waals surface area contributed by atoms with Crippen molar-refractivity contribution in [2.75, 3.05) is 6.54 Å². The summed E-state index contributed by atoms with van der Waals surface area (Å²) in [5, 5.41) is 15.6. The van der Waals surface area contributed by atoms with Crippen LogP contribution in [0.5, 0.6) is 0 Å². The summed E-state index contributed by atoms with van der Waals surface area (Å²) in [5.74, 6) is 2.62. The first-order valence-electron chi connectivity index (χ1n) is 8.08. The molecular weight excluding hydrogens is 306 g/mol. The molecule has 8 nitrogen and oxygen atoms in total. The van der Waals surface area contributed by atoms with E-state index in [1.54, 1.807) is 10.9 Å². The van der Waals surface area contributed by atoms with Crippen LogP contribution >= 0.6 is 0 Å². The van der Waals surface area contributed by atoms with Gasteiger partial charge in [0.25, 0.3) is 5.91 Å². The van der Waals surface area contributed by atoms with Gasteiger partial charge in [0, 0.05) is 45.4 Å². The second-order valence-electron chi connectivity index (χ2n) is 5.89. The molecular formula is C16H19N7O. The number of carbonyl (C=O) groups excluding carboxylic acids is 1. The van der Waals surface area contributed by atoms with Gasteiger partial charge in [0.05, 0.1) is 6.20 Å². The van der Waals surface area contributed by atoms with Crippen molar-refractivity contribution < 1.29 is 4.79 Å². The Morgan fingerprint density at radius 2 is 2.12 bits per heavy atom. The maximum Gasteiger partial charge on any atom is 0.256 e. The Kier molecular flexibility index (Phi) is 3.64. The molecule has 0 bridgehead atoms. The normalized spacial score (nSPS) is 13.2. The van der Waals surface area contributed by atoms with E-state index in [1.165, 1.54) is 0 Å². The number of hydrogen-bond donors (Lipinski definition) is 1. The van der Waals surface area contributed by atoms with Crippen molar-refractivity contribution in [1.29, 1.82) is 0 Å². The lowest BCUT2D eigenvalue weighted by atomic mass is 10.3. The highest BCUT2D eigenvalue weighted by atomic mass is 16.1. The quantitative estimate of drug-likeness (QED) is 0.749. The summed E-state index contributed by atoms with van der Waals surface area (Å²) in [5.41, 5.74) is 0.556. The second kappa shape index (κ2) is 5.95. The maximum absolute atomic E-state index is 12.5. The van der Waals surface area contributed by atoms with Crippen LogP contribution in [0.2, 0.25) is 0 Å². The minimum atomic E-state index is -0.132. The molecule has 3 aromatic heterocycles. The third kappa shape index (κ3) is 2.49. The third-order valence-electron chi connectivity index (χ3n) is 4.32. The molecule has 4 heterocycles. The van der Waals surface area contributed by atoms with Crippen LogP contribution in [-0.4, -0.2) is 41.6 Å². The zero-order valence-corrected chi connectivity index (χ0v) is 13.5. The summed E-state index contributed by atoms with van der Waals surface area (Å²) >= 11 is 0. The molecule has 1 aliphatic heterocycles. The van der Waals surface area contributed by atoms with E-state index in [9.17, 15) is 4.79 Å². The van der Waals surface area contributed by atoms with Gasteiger partial charge in [-0.05, 0) is 18.6 Å². The van der Waals surface area contributed by atoms with Crippen LogP contribution in [0, 0.1) is 0 Å². The van der Waals surface area contributed by atoms with E-state index in [0.29, 0.717) is 18.5 Å². The monoisotopic (exact) mass is 325 g/mol. The molecule has 0 unspecified atom stereocenters. The van der Waals surface area contributed by atoms with E-state index in [0.717, 1.165) is 36.9 Å². The molecule has 0 spiro atoms. The van der Waals surface area contributed by atoms with Gasteiger partial charge in [-0.3, -0.25) is 9.48 Å². The van der Waals surface area contributed by atoms with Crippen LogP contribution in [0.15, 0.2) is 30.7 Å². The Morgan fingerprint density at radius 3 is 2.96 bits per heavy atom. The highest BCUT2D eigenvalue weighted by Gasteiger charge is 2.19. The van der Waals surface area contributed by atoms with Crippen LogP contribution in [0.25, 0.3) is 5.82 Å². The smallest absolute Gasteiger partial charge is 0.256 e. The van der Waals surface area contributed by atoms with Gasteiger partial charge in [0.1, 0.15) is 23.0 Å². The van der Waals surface area contributed by atoms with Gasteiger partial charge in [-0.25, -0.2) is 0 Å². The van der Waals surface area contributed by atoms with E-state index in [-0.39, 0.29) is 5.91 Å². The Balaban J connectivity index is 1.44. The third-order valence-corrected chi connectivity index (χ3v) is 4.32. The molecule has 24 heavy (non-hydrogen) atoms. The molecule has 1 amide bonds. The average molecular weight is 325 g/mol. The van der Waals surface area contributed by atoms with E-state index >= 15 is 0 Å². The summed E-state index contributed by atoms with van der Waals surface area (Å²) in [6.45, 7) is 1.50. The lowest BCUT2D eigenvalue weighted by Gasteiger charge is -2.08. The second-order valence-corrected chi connectivity index (χ2v) is 5.89. The topological polar surface area (TPSA) is 82.6 Å². The number of carbonyl (C=O) groups is 1. The van der Waals surface area contributed by atoms with E-state index in [1.807, 2.05) is 36.1 Å². The van der Waals surface area contributed by atoms with Gasteiger partial charge >= 0.3 is 0 Å². The van der Waals surface area contributed by atoms with Crippen LogP contribution in [-0.2, 0) is 26.4 Å². The number of nitrogens with zero attached hydrogens (tertiary/aromatic N) is 6. The Labute approximate surface area is 139 Å². The first-order valence-corrected chi connectivity index (χ1v) is 8.08. The van der Waals surface area contributed by atoms with Gasteiger partial charge in [-0.15, -0.1) is 10.2 Å². The van der Waals surface area contributed by atoms with Gasteiger partial charge in [0.15, 0.2) is 0 Å². The molecule has 1 N–H and O–H groups in total. The lowest BCUT2D eigenvalue weighted by molar-refractivity contribution is 0.0954. The average Bonchev–Trinajstić information content (AvgIpc) is 3.32. The minimum Gasteiger partial charge on any atom is -0.351 e. The maximum atomic E-state index is 12.5. The van der Waals surface area contributed by atoms with Crippen molar-refractivity contribution in [3.8, 4) is 5.82 Å². The molecule has 8 heteroatoms. The Hall–Kier alpha value is -2.90. The molecule has 3 aromatic rings. The molecule has 0 aliphatic carbocycles. The van der Waals surface area contributed by atoms with Crippen molar-refractivity contribution >= 4 is 5.91 Å². The van der Waals surface area contributed by atoms with Crippen LogP contribution in [0.3, 0.4) is 0 Å². The molecule has 0 atom stereocenters. The molecule has 0 fully saturated rings. The molecule has 0 aromatic carbocycles. The highest BCUT2D eigenvalue weighted by Crippen LogP contribution is 2.15. The number of aryl methyl sites for hydroxylation is 2. The number of nitrogens with one attached hydrogen (secondary N) is 1. The highest BCUT2D eigenvalue weighted by molar-refractivity contribution is 5.97. The zero-order valence-electron chi connectivity index (χ0n) is 13.5.